The van der Waals surface area contributed by atoms with Gasteiger partial charge in [0, 0.05) is 6.42 Å². The quantitative estimate of drug-likeness (QED) is 0.723. The SMILES string of the molecule is O=C(O)CCCCCNCc1ccc(Br)o1. The molecule has 0 radical (unpaired) electrons. The molecule has 0 saturated heterocycles. The maximum atomic E-state index is 10.2. The van der Waals surface area contributed by atoms with Gasteiger partial charge in [-0.3, -0.25) is 4.79 Å². The molecule has 0 atom stereocenters. The monoisotopic (exact) mass is 289 g/mol. The molecular formula is C11H16BrNO3. The minimum atomic E-state index is -0.714. The average Bonchev–Trinajstić information content (AvgIpc) is 2.62. The van der Waals surface area contributed by atoms with Crippen molar-refractivity contribution >= 4 is 21.9 Å². The molecule has 0 unspecified atom stereocenters. The van der Waals surface area contributed by atoms with Crippen LogP contribution in [0.25, 0.3) is 0 Å². The number of carbonyl (C=O) groups is 1. The second-order valence-corrected chi connectivity index (χ2v) is 4.37. The highest BCUT2D eigenvalue weighted by Crippen LogP contribution is 2.13. The topological polar surface area (TPSA) is 62.5 Å². The molecule has 0 aliphatic heterocycles. The van der Waals surface area contributed by atoms with Crippen molar-refractivity contribution in [3.63, 3.8) is 0 Å². The zero-order valence-corrected chi connectivity index (χ0v) is 10.6. The Labute approximate surface area is 103 Å². The Hall–Kier alpha value is -0.810. The number of carboxylic acids is 1. The molecule has 0 amide bonds. The Balaban J connectivity index is 1.94. The minimum absolute atomic E-state index is 0.269. The summed E-state index contributed by atoms with van der Waals surface area (Å²) in [7, 11) is 0. The third-order valence-electron chi connectivity index (χ3n) is 2.17. The number of nitrogens with one attached hydrogen (secondary N) is 1. The van der Waals surface area contributed by atoms with Gasteiger partial charge < -0.3 is 14.8 Å². The van der Waals surface area contributed by atoms with E-state index < -0.39 is 5.97 Å². The van der Waals surface area contributed by atoms with Gasteiger partial charge in [0.1, 0.15) is 5.76 Å². The van der Waals surface area contributed by atoms with Crippen molar-refractivity contribution in [2.24, 2.45) is 0 Å². The third-order valence-corrected chi connectivity index (χ3v) is 2.60. The van der Waals surface area contributed by atoms with Gasteiger partial charge in [-0.2, -0.15) is 0 Å². The van der Waals surface area contributed by atoms with Gasteiger partial charge in [0.05, 0.1) is 6.54 Å². The molecule has 1 aromatic heterocycles. The van der Waals surface area contributed by atoms with Crippen LogP contribution in [0.5, 0.6) is 0 Å². The molecule has 0 aliphatic rings. The van der Waals surface area contributed by atoms with E-state index in [4.69, 9.17) is 9.52 Å². The maximum Gasteiger partial charge on any atom is 0.303 e. The van der Waals surface area contributed by atoms with E-state index in [1.54, 1.807) is 0 Å². The lowest BCUT2D eigenvalue weighted by atomic mass is 10.2. The van der Waals surface area contributed by atoms with Crippen LogP contribution in [0.4, 0.5) is 0 Å². The van der Waals surface area contributed by atoms with Crippen LogP contribution in [0.3, 0.4) is 0 Å². The van der Waals surface area contributed by atoms with E-state index in [1.807, 2.05) is 12.1 Å². The van der Waals surface area contributed by atoms with E-state index in [9.17, 15) is 4.79 Å². The molecule has 1 rings (SSSR count). The van der Waals surface area contributed by atoms with Crippen molar-refractivity contribution in [1.29, 1.82) is 0 Å². The molecule has 4 nitrogen and oxygen atoms in total. The molecule has 0 aromatic carbocycles. The summed E-state index contributed by atoms with van der Waals surface area (Å²) < 4.78 is 6.06. The van der Waals surface area contributed by atoms with Gasteiger partial charge in [-0.05, 0) is 47.4 Å². The molecule has 5 heteroatoms. The fourth-order valence-corrected chi connectivity index (χ4v) is 1.70. The van der Waals surface area contributed by atoms with Gasteiger partial charge in [-0.25, -0.2) is 0 Å². The van der Waals surface area contributed by atoms with Crippen LogP contribution in [0.1, 0.15) is 31.4 Å². The molecule has 2 N–H and O–H groups in total. The molecule has 0 aliphatic carbocycles. The molecule has 16 heavy (non-hydrogen) atoms. The number of halogens is 1. The summed E-state index contributed by atoms with van der Waals surface area (Å²) in [6, 6.07) is 3.78. The lowest BCUT2D eigenvalue weighted by molar-refractivity contribution is -0.137. The minimum Gasteiger partial charge on any atom is -0.481 e. The fourth-order valence-electron chi connectivity index (χ4n) is 1.36. The van der Waals surface area contributed by atoms with Crippen LogP contribution < -0.4 is 5.32 Å². The predicted molar refractivity (Wildman–Crippen MR) is 64.2 cm³/mol. The molecule has 1 heterocycles. The van der Waals surface area contributed by atoms with Gasteiger partial charge in [0.25, 0.3) is 0 Å². The highest BCUT2D eigenvalue weighted by atomic mass is 79.9. The normalized spacial score (nSPS) is 10.6. The van der Waals surface area contributed by atoms with Crippen molar-refractivity contribution in [2.45, 2.75) is 32.2 Å². The van der Waals surface area contributed by atoms with Crippen LogP contribution >= 0.6 is 15.9 Å². The van der Waals surface area contributed by atoms with E-state index in [1.165, 1.54) is 0 Å². The molecule has 90 valence electrons. The van der Waals surface area contributed by atoms with E-state index in [0.29, 0.717) is 6.54 Å². The first-order chi connectivity index (χ1) is 7.68. The van der Waals surface area contributed by atoms with Crippen molar-refractivity contribution in [3.8, 4) is 0 Å². The van der Waals surface area contributed by atoms with Crippen LogP contribution in [0.2, 0.25) is 0 Å². The second-order valence-electron chi connectivity index (χ2n) is 3.59. The van der Waals surface area contributed by atoms with Crippen molar-refractivity contribution in [3.05, 3.63) is 22.6 Å². The van der Waals surface area contributed by atoms with Gasteiger partial charge in [-0.15, -0.1) is 0 Å². The number of aliphatic carboxylic acids is 1. The lowest BCUT2D eigenvalue weighted by Crippen LogP contribution is -2.14. The summed E-state index contributed by atoms with van der Waals surface area (Å²) >= 11 is 3.24. The number of carboxylic acid groups (broad SMARTS) is 1. The fraction of sp³-hybridized carbons (Fsp3) is 0.545. The Morgan fingerprint density at radius 3 is 2.81 bits per heavy atom. The van der Waals surface area contributed by atoms with Crippen molar-refractivity contribution < 1.29 is 14.3 Å². The number of unbranched alkanes of at least 4 members (excludes halogenated alkanes) is 2. The Morgan fingerprint density at radius 1 is 1.38 bits per heavy atom. The zero-order chi connectivity index (χ0) is 11.8. The largest absolute Gasteiger partial charge is 0.481 e. The highest BCUT2D eigenvalue weighted by molar-refractivity contribution is 9.10. The first-order valence-electron chi connectivity index (χ1n) is 5.35. The van der Waals surface area contributed by atoms with Gasteiger partial charge in [-0.1, -0.05) is 6.42 Å². The first kappa shape index (κ1) is 13.3. The molecule has 0 bridgehead atoms. The lowest BCUT2D eigenvalue weighted by Gasteiger charge is -2.01. The zero-order valence-electron chi connectivity index (χ0n) is 9.04. The van der Waals surface area contributed by atoms with E-state index in [-0.39, 0.29) is 6.42 Å². The van der Waals surface area contributed by atoms with Crippen LogP contribution in [0, 0.1) is 0 Å². The van der Waals surface area contributed by atoms with E-state index in [2.05, 4.69) is 21.2 Å². The Morgan fingerprint density at radius 2 is 2.19 bits per heavy atom. The van der Waals surface area contributed by atoms with E-state index in [0.717, 1.165) is 36.2 Å². The van der Waals surface area contributed by atoms with Gasteiger partial charge in [0.15, 0.2) is 4.67 Å². The molecule has 0 spiro atoms. The smallest absolute Gasteiger partial charge is 0.303 e. The summed E-state index contributed by atoms with van der Waals surface area (Å²) in [5, 5.41) is 11.7. The number of hydrogen-bond donors (Lipinski definition) is 2. The summed E-state index contributed by atoms with van der Waals surface area (Å²) in [4.78, 5) is 10.2. The number of furan rings is 1. The van der Waals surface area contributed by atoms with Crippen LogP contribution in [-0.2, 0) is 11.3 Å². The van der Waals surface area contributed by atoms with Crippen LogP contribution in [-0.4, -0.2) is 17.6 Å². The third kappa shape index (κ3) is 5.92. The van der Waals surface area contributed by atoms with Gasteiger partial charge in [0.2, 0.25) is 0 Å². The summed E-state index contributed by atoms with van der Waals surface area (Å²) in [5.41, 5.74) is 0. The number of rotatable bonds is 8. The van der Waals surface area contributed by atoms with Gasteiger partial charge >= 0.3 is 5.97 Å². The predicted octanol–water partition coefficient (Wildman–Crippen LogP) is 2.78. The first-order valence-corrected chi connectivity index (χ1v) is 6.14. The summed E-state index contributed by atoms with van der Waals surface area (Å²) in [6.45, 7) is 1.60. The average molecular weight is 290 g/mol. The Kier molecular flexibility index (Phi) is 6.18. The Bertz CT molecular complexity index is 325. The van der Waals surface area contributed by atoms with Crippen molar-refractivity contribution in [1.82, 2.24) is 5.32 Å². The van der Waals surface area contributed by atoms with E-state index >= 15 is 0 Å². The molecule has 0 saturated carbocycles. The standard InChI is InChI=1S/C11H16BrNO3/c12-10-6-5-9(16-10)8-13-7-3-1-2-4-11(14)15/h5-6,13H,1-4,7-8H2,(H,14,15). The second kappa shape index (κ2) is 7.46. The molecule has 1 aromatic rings. The summed E-state index contributed by atoms with van der Waals surface area (Å²) in [5.74, 6) is 0.186. The molecular weight excluding hydrogens is 274 g/mol. The number of hydrogen-bond acceptors (Lipinski definition) is 3. The summed E-state index contributed by atoms with van der Waals surface area (Å²) in [6.07, 6.45) is 2.96. The highest BCUT2D eigenvalue weighted by Gasteiger charge is 1.99. The van der Waals surface area contributed by atoms with Crippen molar-refractivity contribution in [2.75, 3.05) is 6.54 Å². The van der Waals surface area contributed by atoms with Crippen LogP contribution in [0.15, 0.2) is 21.2 Å². The maximum absolute atomic E-state index is 10.2. The molecule has 0 fully saturated rings.